The average molecular weight is 379 g/mol. The van der Waals surface area contributed by atoms with Gasteiger partial charge in [0.1, 0.15) is 17.3 Å². The number of carbonyl (C=O) groups excluding carboxylic acids is 1. The lowest BCUT2D eigenvalue weighted by molar-refractivity contribution is -0.117. The van der Waals surface area contributed by atoms with E-state index in [0.717, 1.165) is 35.5 Å². The van der Waals surface area contributed by atoms with E-state index in [1.807, 2.05) is 36.4 Å². The van der Waals surface area contributed by atoms with Crippen molar-refractivity contribution < 1.29 is 14.3 Å². The molecular weight excluding hydrogens is 354 g/mol. The molecule has 6 nitrogen and oxygen atoms in total. The summed E-state index contributed by atoms with van der Waals surface area (Å²) in [5.41, 5.74) is 2.85. The number of aromatic nitrogens is 2. The number of benzene rings is 2. The molecule has 3 aromatic rings. The Morgan fingerprint density at radius 2 is 1.96 bits per heavy atom. The largest absolute Gasteiger partial charge is 0.497 e. The number of aryl methyl sites for hydroxylation is 1. The van der Waals surface area contributed by atoms with Crippen molar-refractivity contribution in [1.29, 1.82) is 0 Å². The summed E-state index contributed by atoms with van der Waals surface area (Å²) in [5.74, 6) is 2.47. The molecule has 1 fully saturated rings. The third-order valence-corrected chi connectivity index (χ3v) is 5.30. The zero-order chi connectivity index (χ0) is 19.7. The second kappa shape index (κ2) is 7.54. The molecule has 0 radical (unpaired) electrons. The first-order valence-corrected chi connectivity index (χ1v) is 9.63. The number of nitrogens with zero attached hydrogens (tertiary/aromatic N) is 3. The molecular formula is C22H25N3O3. The first kappa shape index (κ1) is 18.3. The Balaban J connectivity index is 1.71. The number of imidazole rings is 1. The highest BCUT2D eigenvalue weighted by Gasteiger charge is 2.36. The van der Waals surface area contributed by atoms with Crippen molar-refractivity contribution in [3.05, 3.63) is 48.3 Å². The van der Waals surface area contributed by atoms with Crippen molar-refractivity contribution in [3.63, 3.8) is 0 Å². The lowest BCUT2D eigenvalue weighted by Crippen LogP contribution is -2.25. The van der Waals surface area contributed by atoms with Gasteiger partial charge >= 0.3 is 0 Å². The quantitative estimate of drug-likeness (QED) is 0.650. The van der Waals surface area contributed by atoms with E-state index < -0.39 is 0 Å². The fourth-order valence-electron chi connectivity index (χ4n) is 3.99. The number of carbonyl (C=O) groups is 1. The lowest BCUT2D eigenvalue weighted by atomic mass is 10.1. The van der Waals surface area contributed by atoms with Gasteiger partial charge in [-0.2, -0.15) is 0 Å². The van der Waals surface area contributed by atoms with Crippen LogP contribution in [0.1, 0.15) is 31.5 Å². The molecule has 2 aromatic carbocycles. The fraction of sp³-hybridized carbons (Fsp3) is 0.364. The highest BCUT2D eigenvalue weighted by Crippen LogP contribution is 2.39. The lowest BCUT2D eigenvalue weighted by Gasteiger charge is -2.20. The van der Waals surface area contributed by atoms with Crippen LogP contribution < -0.4 is 14.4 Å². The summed E-state index contributed by atoms with van der Waals surface area (Å²) in [7, 11) is 3.23. The number of hydrogen-bond donors (Lipinski definition) is 0. The zero-order valence-corrected chi connectivity index (χ0v) is 16.5. The Morgan fingerprint density at radius 3 is 2.71 bits per heavy atom. The maximum Gasteiger partial charge on any atom is 0.227 e. The van der Waals surface area contributed by atoms with Crippen LogP contribution in [0.4, 0.5) is 5.69 Å². The molecule has 1 aliphatic heterocycles. The third-order valence-electron chi connectivity index (χ3n) is 5.30. The van der Waals surface area contributed by atoms with Crippen LogP contribution in [0.2, 0.25) is 0 Å². The first-order chi connectivity index (χ1) is 13.7. The van der Waals surface area contributed by atoms with Gasteiger partial charge in [-0.15, -0.1) is 0 Å². The molecule has 1 aromatic heterocycles. The first-order valence-electron chi connectivity index (χ1n) is 9.63. The highest BCUT2D eigenvalue weighted by atomic mass is 16.5. The molecule has 1 aliphatic rings. The van der Waals surface area contributed by atoms with Gasteiger partial charge in [0.05, 0.1) is 30.9 Å². The van der Waals surface area contributed by atoms with Gasteiger partial charge in [0, 0.05) is 31.5 Å². The van der Waals surface area contributed by atoms with Gasteiger partial charge in [-0.3, -0.25) is 4.79 Å². The van der Waals surface area contributed by atoms with Crippen LogP contribution in [0.25, 0.3) is 11.0 Å². The van der Waals surface area contributed by atoms with Gasteiger partial charge < -0.3 is 18.9 Å². The predicted molar refractivity (Wildman–Crippen MR) is 109 cm³/mol. The van der Waals surface area contributed by atoms with Crippen LogP contribution >= 0.6 is 0 Å². The summed E-state index contributed by atoms with van der Waals surface area (Å²) in [4.78, 5) is 19.6. The molecule has 1 atom stereocenters. The minimum absolute atomic E-state index is 0.0438. The maximum absolute atomic E-state index is 12.9. The minimum Gasteiger partial charge on any atom is -0.497 e. The molecule has 0 N–H and O–H groups in total. The molecule has 0 spiro atoms. The summed E-state index contributed by atoms with van der Waals surface area (Å²) < 4.78 is 13.1. The molecule has 0 aliphatic carbocycles. The van der Waals surface area contributed by atoms with Crippen molar-refractivity contribution in [2.24, 2.45) is 0 Å². The Kier molecular flexibility index (Phi) is 4.94. The Morgan fingerprint density at radius 1 is 1.14 bits per heavy atom. The third kappa shape index (κ3) is 3.09. The Hall–Kier alpha value is -3.02. The Labute approximate surface area is 164 Å². The predicted octanol–water partition coefficient (Wildman–Crippen LogP) is 3.98. The minimum atomic E-state index is 0.0438. The number of para-hydroxylation sites is 2. The normalized spacial score (nSPS) is 16.8. The van der Waals surface area contributed by atoms with E-state index in [1.54, 1.807) is 19.1 Å². The monoisotopic (exact) mass is 379 g/mol. The molecule has 0 saturated carbocycles. The summed E-state index contributed by atoms with van der Waals surface area (Å²) >= 11 is 0. The molecule has 2 heterocycles. The summed E-state index contributed by atoms with van der Waals surface area (Å²) in [6, 6.07) is 13.7. The number of methoxy groups -OCH3 is 2. The van der Waals surface area contributed by atoms with Crippen LogP contribution in [0.5, 0.6) is 11.5 Å². The molecule has 4 rings (SSSR count). The molecule has 146 valence electrons. The van der Waals surface area contributed by atoms with E-state index in [9.17, 15) is 4.79 Å². The maximum atomic E-state index is 12.9. The molecule has 0 bridgehead atoms. The number of anilines is 1. The molecule has 0 unspecified atom stereocenters. The highest BCUT2D eigenvalue weighted by molar-refractivity contribution is 5.98. The standard InChI is InChI=1S/C22H25N3O3/c1-4-11-24-18-8-6-5-7-17(18)23-22(24)15-12-21(26)25(14-15)19-13-16(27-2)9-10-20(19)28-3/h5-10,13,15H,4,11-12,14H2,1-3H3/t15-/m1/s1. The average Bonchev–Trinajstić information content (AvgIpc) is 3.28. The van der Waals surface area contributed by atoms with Gasteiger partial charge in [0.2, 0.25) is 5.91 Å². The van der Waals surface area contributed by atoms with E-state index >= 15 is 0 Å². The van der Waals surface area contributed by atoms with Gasteiger partial charge in [-0.05, 0) is 30.7 Å². The summed E-state index contributed by atoms with van der Waals surface area (Å²) in [5, 5.41) is 0. The summed E-state index contributed by atoms with van der Waals surface area (Å²) in [6.45, 7) is 3.63. The molecule has 1 amide bonds. The summed E-state index contributed by atoms with van der Waals surface area (Å²) in [6.07, 6.45) is 1.45. The fourth-order valence-corrected chi connectivity index (χ4v) is 3.99. The van der Waals surface area contributed by atoms with E-state index in [1.165, 1.54) is 0 Å². The van der Waals surface area contributed by atoms with Crippen molar-refractivity contribution >= 4 is 22.6 Å². The number of fused-ring (bicyclic) bond motifs is 1. The van der Waals surface area contributed by atoms with Gasteiger partial charge in [-0.25, -0.2) is 4.98 Å². The van der Waals surface area contributed by atoms with Crippen LogP contribution in [0.3, 0.4) is 0 Å². The van der Waals surface area contributed by atoms with E-state index in [-0.39, 0.29) is 11.8 Å². The van der Waals surface area contributed by atoms with Crippen LogP contribution in [0, 0.1) is 0 Å². The second-order valence-electron chi connectivity index (χ2n) is 7.05. The van der Waals surface area contributed by atoms with Crippen LogP contribution in [-0.2, 0) is 11.3 Å². The van der Waals surface area contributed by atoms with Crippen molar-refractivity contribution in [3.8, 4) is 11.5 Å². The van der Waals surface area contributed by atoms with E-state index in [4.69, 9.17) is 14.5 Å². The van der Waals surface area contributed by atoms with E-state index in [2.05, 4.69) is 17.6 Å². The number of ether oxygens (including phenoxy) is 2. The molecule has 28 heavy (non-hydrogen) atoms. The zero-order valence-electron chi connectivity index (χ0n) is 16.5. The SMILES string of the molecule is CCCn1c([C@@H]2CC(=O)N(c3cc(OC)ccc3OC)C2)nc2ccccc21. The van der Waals surface area contributed by atoms with E-state index in [0.29, 0.717) is 24.5 Å². The molecule has 1 saturated heterocycles. The number of rotatable bonds is 6. The van der Waals surface area contributed by atoms with Crippen molar-refractivity contribution in [2.75, 3.05) is 25.7 Å². The van der Waals surface area contributed by atoms with Gasteiger partial charge in [-0.1, -0.05) is 19.1 Å². The molecule has 6 heteroatoms. The smallest absolute Gasteiger partial charge is 0.227 e. The number of hydrogen-bond acceptors (Lipinski definition) is 4. The van der Waals surface area contributed by atoms with Gasteiger partial charge in [0.25, 0.3) is 0 Å². The Bertz CT molecular complexity index is 1010. The topological polar surface area (TPSA) is 56.6 Å². The number of amides is 1. The van der Waals surface area contributed by atoms with Crippen molar-refractivity contribution in [2.45, 2.75) is 32.2 Å². The van der Waals surface area contributed by atoms with Gasteiger partial charge in [0.15, 0.2) is 0 Å². The van der Waals surface area contributed by atoms with Crippen LogP contribution in [0.15, 0.2) is 42.5 Å². The second-order valence-corrected chi connectivity index (χ2v) is 7.05. The van der Waals surface area contributed by atoms with Crippen LogP contribution in [-0.4, -0.2) is 36.2 Å². The van der Waals surface area contributed by atoms with Crippen molar-refractivity contribution in [1.82, 2.24) is 9.55 Å².